The molecule has 2 saturated heterocycles. The van der Waals surface area contributed by atoms with Gasteiger partial charge < -0.3 is 19.9 Å². The number of amides is 1. The van der Waals surface area contributed by atoms with Crippen molar-refractivity contribution in [1.29, 1.82) is 0 Å². The first-order chi connectivity index (χ1) is 11.2. The molecule has 5 heteroatoms. The third-order valence-corrected chi connectivity index (χ3v) is 5.09. The average molecular weight is 317 g/mol. The fraction of sp³-hybridized carbons (Fsp3) is 0.611. The summed E-state index contributed by atoms with van der Waals surface area (Å²) in [5, 5.41) is 12.8. The molecule has 0 aromatic heterocycles. The lowest BCUT2D eigenvalue weighted by atomic mass is 9.89. The van der Waals surface area contributed by atoms with Gasteiger partial charge in [0.15, 0.2) is 0 Å². The maximum Gasteiger partial charge on any atom is 0.251 e. The fourth-order valence-electron chi connectivity index (χ4n) is 3.58. The number of carbonyl (C=O) groups excluding carboxylic acids is 1. The van der Waals surface area contributed by atoms with Crippen LogP contribution >= 0.6 is 0 Å². The van der Waals surface area contributed by atoms with Crippen molar-refractivity contribution in [3.63, 3.8) is 0 Å². The summed E-state index contributed by atoms with van der Waals surface area (Å²) < 4.78 is 11.5. The molecule has 0 spiro atoms. The lowest BCUT2D eigenvalue weighted by Crippen LogP contribution is -2.33. The predicted molar refractivity (Wildman–Crippen MR) is 84.7 cm³/mol. The third kappa shape index (κ3) is 3.44. The number of phenols is 1. The summed E-state index contributed by atoms with van der Waals surface area (Å²) in [6.45, 7) is 1.29. The molecule has 4 rings (SSSR count). The standard InChI is InChI=1S/C18H23NO4/c20-14-5-12(6-16(8-14)22-10-11-1-2-11)18(21)19-9-13-7-15-3-4-17(13)23-15/h5-6,8,11,13,15,17,20H,1-4,7,9-10H2,(H,19,21)/t13-,15-,17+/m0/s1. The molecule has 3 fully saturated rings. The predicted octanol–water partition coefficient (Wildman–Crippen LogP) is 2.48. The number of benzene rings is 1. The lowest BCUT2D eigenvalue weighted by molar-refractivity contribution is 0.0873. The molecule has 0 radical (unpaired) electrons. The van der Waals surface area contributed by atoms with Gasteiger partial charge >= 0.3 is 0 Å². The molecule has 1 amide bonds. The number of fused-ring (bicyclic) bond motifs is 2. The highest BCUT2D eigenvalue weighted by Crippen LogP contribution is 2.38. The molecule has 2 bridgehead atoms. The van der Waals surface area contributed by atoms with Crippen LogP contribution in [0.4, 0.5) is 0 Å². The monoisotopic (exact) mass is 317 g/mol. The third-order valence-electron chi connectivity index (χ3n) is 5.09. The molecule has 1 saturated carbocycles. The van der Waals surface area contributed by atoms with E-state index in [1.807, 2.05) is 0 Å². The normalized spacial score (nSPS) is 28.8. The van der Waals surface area contributed by atoms with Gasteiger partial charge in [-0.05, 0) is 50.2 Å². The topological polar surface area (TPSA) is 67.8 Å². The van der Waals surface area contributed by atoms with Crippen LogP contribution in [0.1, 0.15) is 42.5 Å². The van der Waals surface area contributed by atoms with E-state index in [4.69, 9.17) is 9.47 Å². The Labute approximate surface area is 136 Å². The summed E-state index contributed by atoms with van der Waals surface area (Å²) in [5.74, 6) is 1.50. The highest BCUT2D eigenvalue weighted by atomic mass is 16.5. The first kappa shape index (κ1) is 14.8. The molecule has 1 aromatic rings. The maximum atomic E-state index is 12.3. The van der Waals surface area contributed by atoms with Gasteiger partial charge in [0.1, 0.15) is 11.5 Å². The molecule has 5 nitrogen and oxygen atoms in total. The minimum atomic E-state index is -0.167. The number of phenolic OH excluding ortho intramolecular Hbond substituents is 1. The van der Waals surface area contributed by atoms with E-state index < -0.39 is 0 Å². The number of hydrogen-bond donors (Lipinski definition) is 2. The van der Waals surface area contributed by atoms with Crippen LogP contribution in [-0.2, 0) is 4.74 Å². The smallest absolute Gasteiger partial charge is 0.251 e. The summed E-state index contributed by atoms with van der Waals surface area (Å²) >= 11 is 0. The Balaban J connectivity index is 1.35. The van der Waals surface area contributed by atoms with E-state index in [1.165, 1.54) is 18.9 Å². The average Bonchev–Trinajstić information content (AvgIpc) is 3.14. The number of ether oxygens (including phenoxy) is 2. The Kier molecular flexibility index (Phi) is 3.89. The molecule has 0 unspecified atom stereocenters. The van der Waals surface area contributed by atoms with Crippen LogP contribution in [0.15, 0.2) is 18.2 Å². The number of aromatic hydroxyl groups is 1. The van der Waals surface area contributed by atoms with Crippen LogP contribution in [0.25, 0.3) is 0 Å². The van der Waals surface area contributed by atoms with Crippen molar-refractivity contribution in [2.45, 2.75) is 44.3 Å². The second-order valence-electron chi connectivity index (χ2n) is 7.05. The number of carbonyl (C=O) groups is 1. The summed E-state index contributed by atoms with van der Waals surface area (Å²) in [4.78, 5) is 12.3. The van der Waals surface area contributed by atoms with E-state index in [-0.39, 0.29) is 11.7 Å². The van der Waals surface area contributed by atoms with Gasteiger partial charge in [-0.2, -0.15) is 0 Å². The van der Waals surface area contributed by atoms with Crippen molar-refractivity contribution >= 4 is 5.91 Å². The van der Waals surface area contributed by atoms with Crippen molar-refractivity contribution in [2.24, 2.45) is 11.8 Å². The van der Waals surface area contributed by atoms with Gasteiger partial charge in [0.05, 0.1) is 18.8 Å². The Hall–Kier alpha value is -1.75. The van der Waals surface area contributed by atoms with Gasteiger partial charge in [-0.1, -0.05) is 0 Å². The van der Waals surface area contributed by atoms with E-state index in [2.05, 4.69) is 5.32 Å². The van der Waals surface area contributed by atoms with Crippen LogP contribution < -0.4 is 10.1 Å². The van der Waals surface area contributed by atoms with Crippen molar-refractivity contribution in [2.75, 3.05) is 13.2 Å². The van der Waals surface area contributed by atoms with Crippen LogP contribution in [0.3, 0.4) is 0 Å². The highest BCUT2D eigenvalue weighted by Gasteiger charge is 2.40. The van der Waals surface area contributed by atoms with Gasteiger partial charge in [0.2, 0.25) is 0 Å². The first-order valence-corrected chi connectivity index (χ1v) is 8.58. The van der Waals surface area contributed by atoms with Crippen molar-refractivity contribution in [3.05, 3.63) is 23.8 Å². The minimum absolute atomic E-state index is 0.0618. The maximum absolute atomic E-state index is 12.3. The Bertz CT molecular complexity index is 599. The Morgan fingerprint density at radius 3 is 2.83 bits per heavy atom. The molecule has 2 heterocycles. The van der Waals surface area contributed by atoms with Crippen molar-refractivity contribution in [1.82, 2.24) is 5.32 Å². The van der Waals surface area contributed by atoms with Gasteiger partial charge in [-0.25, -0.2) is 0 Å². The second-order valence-corrected chi connectivity index (χ2v) is 7.05. The van der Waals surface area contributed by atoms with Crippen molar-refractivity contribution in [3.8, 4) is 11.5 Å². The molecule has 23 heavy (non-hydrogen) atoms. The lowest BCUT2D eigenvalue weighted by Gasteiger charge is -2.19. The van der Waals surface area contributed by atoms with Crippen LogP contribution in [-0.4, -0.2) is 36.4 Å². The molecule has 2 N–H and O–H groups in total. The SMILES string of the molecule is O=C(NC[C@@H]1C[C@@H]2CC[C@H]1O2)c1cc(O)cc(OCC2CC2)c1. The van der Waals surface area contributed by atoms with Gasteiger partial charge in [-0.15, -0.1) is 0 Å². The highest BCUT2D eigenvalue weighted by molar-refractivity contribution is 5.95. The zero-order valence-corrected chi connectivity index (χ0v) is 13.2. The molecular formula is C18H23NO4. The van der Waals surface area contributed by atoms with Crippen LogP contribution in [0, 0.1) is 11.8 Å². The summed E-state index contributed by atoms with van der Waals surface area (Å²) in [6, 6.07) is 4.74. The number of rotatable bonds is 6. The van der Waals surface area contributed by atoms with Crippen molar-refractivity contribution < 1.29 is 19.4 Å². The largest absolute Gasteiger partial charge is 0.508 e. The van der Waals surface area contributed by atoms with Crippen LogP contribution in [0.2, 0.25) is 0 Å². The summed E-state index contributed by atoms with van der Waals surface area (Å²) in [6.07, 6.45) is 6.42. The molecule has 3 aliphatic rings. The van der Waals surface area contributed by atoms with E-state index in [9.17, 15) is 9.90 Å². The van der Waals surface area contributed by atoms with Gasteiger partial charge in [0, 0.05) is 24.1 Å². The second kappa shape index (κ2) is 6.04. The van der Waals surface area contributed by atoms with E-state index >= 15 is 0 Å². The molecular weight excluding hydrogens is 294 g/mol. The molecule has 1 aromatic carbocycles. The zero-order chi connectivity index (χ0) is 15.8. The molecule has 1 aliphatic carbocycles. The molecule has 124 valence electrons. The van der Waals surface area contributed by atoms with E-state index in [0.717, 1.165) is 19.3 Å². The summed E-state index contributed by atoms with van der Waals surface area (Å²) in [7, 11) is 0. The van der Waals surface area contributed by atoms with E-state index in [1.54, 1.807) is 12.1 Å². The molecule has 3 atom stereocenters. The summed E-state index contributed by atoms with van der Waals surface area (Å²) in [5.41, 5.74) is 0.444. The Morgan fingerprint density at radius 1 is 1.26 bits per heavy atom. The van der Waals surface area contributed by atoms with Crippen LogP contribution in [0.5, 0.6) is 11.5 Å². The molecule has 2 aliphatic heterocycles. The fourth-order valence-corrected chi connectivity index (χ4v) is 3.58. The van der Waals surface area contributed by atoms with Gasteiger partial charge in [0.25, 0.3) is 5.91 Å². The van der Waals surface area contributed by atoms with Gasteiger partial charge in [-0.3, -0.25) is 4.79 Å². The number of nitrogens with one attached hydrogen (secondary N) is 1. The minimum Gasteiger partial charge on any atom is -0.508 e. The number of hydrogen-bond acceptors (Lipinski definition) is 4. The quantitative estimate of drug-likeness (QED) is 0.846. The first-order valence-electron chi connectivity index (χ1n) is 8.58. The zero-order valence-electron chi connectivity index (χ0n) is 13.2. The Morgan fingerprint density at radius 2 is 2.13 bits per heavy atom. The van der Waals surface area contributed by atoms with E-state index in [0.29, 0.717) is 48.5 Å².